The van der Waals surface area contributed by atoms with Crippen molar-refractivity contribution in [3.05, 3.63) is 34.5 Å². The van der Waals surface area contributed by atoms with E-state index in [1.807, 2.05) is 19.9 Å². The van der Waals surface area contributed by atoms with Gasteiger partial charge in [0.15, 0.2) is 5.82 Å². The van der Waals surface area contributed by atoms with Crippen LogP contribution in [-0.2, 0) is 0 Å². The molecule has 2 heterocycles. The van der Waals surface area contributed by atoms with Gasteiger partial charge in [-0.05, 0) is 50.3 Å². The van der Waals surface area contributed by atoms with Crippen molar-refractivity contribution in [2.24, 2.45) is 0 Å². The Kier molecular flexibility index (Phi) is 4.43. The molecule has 0 unspecified atom stereocenters. The van der Waals surface area contributed by atoms with Crippen LogP contribution in [0.1, 0.15) is 30.4 Å². The zero-order valence-electron chi connectivity index (χ0n) is 12.9. The number of rotatable bonds is 3. The smallest absolute Gasteiger partial charge is 0.249 e. The van der Waals surface area contributed by atoms with Gasteiger partial charge in [-0.1, -0.05) is 17.7 Å². The first-order valence-corrected chi connectivity index (χ1v) is 8.00. The van der Waals surface area contributed by atoms with E-state index < -0.39 is 0 Å². The van der Waals surface area contributed by atoms with E-state index in [9.17, 15) is 0 Å². The third-order valence-electron chi connectivity index (χ3n) is 3.89. The van der Waals surface area contributed by atoms with Crippen LogP contribution >= 0.6 is 11.6 Å². The van der Waals surface area contributed by atoms with Crippen LogP contribution in [0.15, 0.2) is 18.3 Å². The maximum Gasteiger partial charge on any atom is 0.249 e. The monoisotopic (exact) mass is 317 g/mol. The van der Waals surface area contributed by atoms with Crippen LogP contribution in [-0.4, -0.2) is 28.3 Å². The molecular formula is C16H20ClN5. The highest BCUT2D eigenvalue weighted by Gasteiger charge is 2.14. The molecule has 0 saturated carbocycles. The normalized spacial score (nSPS) is 15.0. The third kappa shape index (κ3) is 3.30. The van der Waals surface area contributed by atoms with Crippen molar-refractivity contribution in [1.29, 1.82) is 0 Å². The number of aryl methyl sites for hydroxylation is 2. The first-order valence-electron chi connectivity index (χ1n) is 7.62. The predicted molar refractivity (Wildman–Crippen MR) is 90.1 cm³/mol. The van der Waals surface area contributed by atoms with Crippen molar-refractivity contribution in [3.63, 3.8) is 0 Å². The first-order chi connectivity index (χ1) is 10.6. The highest BCUT2D eigenvalue weighted by molar-refractivity contribution is 6.33. The molecule has 1 aliphatic rings. The molecule has 1 N–H and O–H groups in total. The van der Waals surface area contributed by atoms with Gasteiger partial charge in [0.1, 0.15) is 0 Å². The zero-order valence-corrected chi connectivity index (χ0v) is 13.7. The summed E-state index contributed by atoms with van der Waals surface area (Å²) in [7, 11) is 0. The second-order valence-electron chi connectivity index (χ2n) is 5.75. The molecule has 0 bridgehead atoms. The third-order valence-corrected chi connectivity index (χ3v) is 4.19. The summed E-state index contributed by atoms with van der Waals surface area (Å²) in [5.74, 6) is 1.36. The Balaban J connectivity index is 1.84. The average Bonchev–Trinajstić information content (AvgIpc) is 2.52. The van der Waals surface area contributed by atoms with E-state index in [4.69, 9.17) is 11.6 Å². The van der Waals surface area contributed by atoms with E-state index in [2.05, 4.69) is 31.5 Å². The van der Waals surface area contributed by atoms with Gasteiger partial charge in [0.05, 0.1) is 16.9 Å². The summed E-state index contributed by atoms with van der Waals surface area (Å²) in [6.07, 6.45) is 5.42. The van der Waals surface area contributed by atoms with Gasteiger partial charge >= 0.3 is 0 Å². The van der Waals surface area contributed by atoms with Gasteiger partial charge in [-0.3, -0.25) is 0 Å². The summed E-state index contributed by atoms with van der Waals surface area (Å²) in [6.45, 7) is 6.10. The van der Waals surface area contributed by atoms with E-state index in [0.29, 0.717) is 11.0 Å². The highest BCUT2D eigenvalue weighted by atomic mass is 35.5. The zero-order chi connectivity index (χ0) is 15.5. The molecule has 0 spiro atoms. The van der Waals surface area contributed by atoms with Crippen molar-refractivity contribution in [3.8, 4) is 0 Å². The summed E-state index contributed by atoms with van der Waals surface area (Å²) in [5.41, 5.74) is 3.04. The van der Waals surface area contributed by atoms with Crippen molar-refractivity contribution >= 4 is 29.1 Å². The standard InChI is InChI=1S/C16H20ClN5/c1-11-8-12(2)15(13(17)9-11)20-16-19-14(10-18-21-16)22-6-4-3-5-7-22/h8-10H,3-7H2,1-2H3,(H,19,20,21). The molecule has 6 heteroatoms. The lowest BCUT2D eigenvalue weighted by atomic mass is 10.1. The Morgan fingerprint density at radius 3 is 2.64 bits per heavy atom. The Morgan fingerprint density at radius 1 is 1.14 bits per heavy atom. The number of halogens is 1. The van der Waals surface area contributed by atoms with E-state index in [-0.39, 0.29) is 0 Å². The molecular weight excluding hydrogens is 298 g/mol. The van der Waals surface area contributed by atoms with Crippen molar-refractivity contribution in [2.75, 3.05) is 23.3 Å². The second kappa shape index (κ2) is 6.48. The molecule has 1 aromatic heterocycles. The molecule has 0 atom stereocenters. The van der Waals surface area contributed by atoms with Gasteiger partial charge in [-0.2, -0.15) is 10.1 Å². The molecule has 1 saturated heterocycles. The van der Waals surface area contributed by atoms with Gasteiger partial charge in [-0.25, -0.2) is 0 Å². The van der Waals surface area contributed by atoms with Gasteiger partial charge in [0.25, 0.3) is 0 Å². The SMILES string of the molecule is Cc1cc(C)c(Nc2nncc(N3CCCCC3)n2)c(Cl)c1. The van der Waals surface area contributed by atoms with E-state index >= 15 is 0 Å². The maximum atomic E-state index is 6.32. The quantitative estimate of drug-likeness (QED) is 0.931. The molecule has 1 aromatic carbocycles. The fourth-order valence-electron chi connectivity index (χ4n) is 2.81. The molecule has 0 aliphatic carbocycles. The van der Waals surface area contributed by atoms with Crippen LogP contribution in [0.2, 0.25) is 5.02 Å². The number of nitrogens with one attached hydrogen (secondary N) is 1. The summed E-state index contributed by atoms with van der Waals surface area (Å²) >= 11 is 6.32. The lowest BCUT2D eigenvalue weighted by Crippen LogP contribution is -2.30. The van der Waals surface area contributed by atoms with Crippen molar-refractivity contribution < 1.29 is 0 Å². The molecule has 1 aliphatic heterocycles. The Bertz CT molecular complexity index is 644. The molecule has 0 radical (unpaired) electrons. The first kappa shape index (κ1) is 15.0. The number of nitrogens with zero attached hydrogens (tertiary/aromatic N) is 4. The topological polar surface area (TPSA) is 53.9 Å². The summed E-state index contributed by atoms with van der Waals surface area (Å²) in [4.78, 5) is 6.84. The van der Waals surface area contributed by atoms with Crippen LogP contribution in [0, 0.1) is 13.8 Å². The molecule has 5 nitrogen and oxygen atoms in total. The summed E-state index contributed by atoms with van der Waals surface area (Å²) in [6, 6.07) is 4.01. The molecule has 22 heavy (non-hydrogen) atoms. The maximum absolute atomic E-state index is 6.32. The van der Waals surface area contributed by atoms with Crippen LogP contribution in [0.3, 0.4) is 0 Å². The van der Waals surface area contributed by atoms with Gasteiger partial charge in [-0.15, -0.1) is 5.10 Å². The Labute approximate surface area is 135 Å². The van der Waals surface area contributed by atoms with Gasteiger partial charge in [0, 0.05) is 13.1 Å². The number of anilines is 3. The number of hydrogen-bond acceptors (Lipinski definition) is 5. The summed E-state index contributed by atoms with van der Waals surface area (Å²) in [5, 5.41) is 12.0. The number of aromatic nitrogens is 3. The molecule has 1 fully saturated rings. The molecule has 2 aromatic rings. The molecule has 0 amide bonds. The predicted octanol–water partition coefficient (Wildman–Crippen LogP) is 3.88. The molecule has 3 rings (SSSR count). The Morgan fingerprint density at radius 2 is 1.91 bits per heavy atom. The lowest BCUT2D eigenvalue weighted by molar-refractivity contribution is 0.572. The van der Waals surface area contributed by atoms with Crippen LogP contribution < -0.4 is 10.2 Å². The van der Waals surface area contributed by atoms with Gasteiger partial charge in [0.2, 0.25) is 5.95 Å². The minimum Gasteiger partial charge on any atom is -0.355 e. The van der Waals surface area contributed by atoms with Crippen molar-refractivity contribution in [1.82, 2.24) is 15.2 Å². The van der Waals surface area contributed by atoms with Crippen LogP contribution in [0.5, 0.6) is 0 Å². The van der Waals surface area contributed by atoms with Gasteiger partial charge < -0.3 is 10.2 Å². The fourth-order valence-corrected chi connectivity index (χ4v) is 3.18. The highest BCUT2D eigenvalue weighted by Crippen LogP contribution is 2.29. The Hall–Kier alpha value is -1.88. The second-order valence-corrected chi connectivity index (χ2v) is 6.16. The largest absolute Gasteiger partial charge is 0.355 e. The molecule has 116 valence electrons. The number of hydrogen-bond donors (Lipinski definition) is 1. The lowest BCUT2D eigenvalue weighted by Gasteiger charge is -2.27. The van der Waals surface area contributed by atoms with E-state index in [1.165, 1.54) is 19.3 Å². The fraction of sp³-hybridized carbons (Fsp3) is 0.438. The number of piperidine rings is 1. The van der Waals surface area contributed by atoms with Crippen LogP contribution in [0.4, 0.5) is 17.5 Å². The minimum absolute atomic E-state index is 0.483. The van der Waals surface area contributed by atoms with Crippen LogP contribution in [0.25, 0.3) is 0 Å². The minimum atomic E-state index is 0.483. The van der Waals surface area contributed by atoms with Crippen molar-refractivity contribution in [2.45, 2.75) is 33.1 Å². The van der Waals surface area contributed by atoms with E-state index in [1.54, 1.807) is 6.20 Å². The number of benzene rings is 1. The summed E-state index contributed by atoms with van der Waals surface area (Å²) < 4.78 is 0. The average molecular weight is 318 g/mol. The van der Waals surface area contributed by atoms with E-state index in [0.717, 1.165) is 35.7 Å².